The Morgan fingerprint density at radius 3 is 2.00 bits per heavy atom. The first-order chi connectivity index (χ1) is 5.21. The molecule has 0 heterocycles. The van der Waals surface area contributed by atoms with Gasteiger partial charge in [-0.25, -0.2) is 4.79 Å². The van der Waals surface area contributed by atoms with Gasteiger partial charge in [-0.1, -0.05) is 30.1 Å². The SMILES string of the molecule is CCC(Cl)(Cl)CC(Cl)(Cl)C(=O)O. The van der Waals surface area contributed by atoms with Crippen LogP contribution in [0.5, 0.6) is 0 Å². The van der Waals surface area contributed by atoms with Crippen molar-refractivity contribution >= 4 is 52.4 Å². The van der Waals surface area contributed by atoms with E-state index in [9.17, 15) is 4.79 Å². The van der Waals surface area contributed by atoms with E-state index in [-0.39, 0.29) is 6.42 Å². The minimum absolute atomic E-state index is 0.210. The van der Waals surface area contributed by atoms with E-state index in [1.807, 2.05) is 0 Å². The standard InChI is InChI=1S/C6H8Cl4O2/c1-2-5(7,8)3-6(9,10)4(11)12/h2-3H2,1H3,(H,11,12). The molecule has 0 aliphatic carbocycles. The fourth-order valence-corrected chi connectivity index (χ4v) is 1.66. The summed E-state index contributed by atoms with van der Waals surface area (Å²) in [5.41, 5.74) is 0. The van der Waals surface area contributed by atoms with Crippen LogP contribution < -0.4 is 0 Å². The first-order valence-corrected chi connectivity index (χ1v) is 4.71. The zero-order chi connectivity index (χ0) is 9.99. The van der Waals surface area contributed by atoms with Crippen molar-refractivity contribution in [2.45, 2.75) is 28.4 Å². The summed E-state index contributed by atoms with van der Waals surface area (Å²) in [4.78, 5) is 10.4. The molecule has 0 atom stereocenters. The molecule has 0 amide bonds. The van der Waals surface area contributed by atoms with E-state index >= 15 is 0 Å². The maximum atomic E-state index is 10.4. The summed E-state index contributed by atoms with van der Waals surface area (Å²) < 4.78 is -3.11. The third kappa shape index (κ3) is 4.04. The summed E-state index contributed by atoms with van der Waals surface area (Å²) in [7, 11) is 0. The summed E-state index contributed by atoms with van der Waals surface area (Å²) >= 11 is 22.2. The Morgan fingerprint density at radius 1 is 1.33 bits per heavy atom. The van der Waals surface area contributed by atoms with Gasteiger partial charge in [0.05, 0.1) is 0 Å². The Labute approximate surface area is 90.7 Å². The molecule has 0 unspecified atom stereocenters. The first kappa shape index (κ1) is 12.6. The highest BCUT2D eigenvalue weighted by Gasteiger charge is 2.41. The molecule has 0 saturated carbocycles. The van der Waals surface area contributed by atoms with Gasteiger partial charge in [-0.3, -0.25) is 0 Å². The predicted molar refractivity (Wildman–Crippen MR) is 51.4 cm³/mol. The molecule has 0 bridgehead atoms. The zero-order valence-electron chi connectivity index (χ0n) is 6.28. The minimum atomic E-state index is -1.92. The van der Waals surface area contributed by atoms with Gasteiger partial charge in [0.15, 0.2) is 0 Å². The third-order valence-corrected chi connectivity index (χ3v) is 2.70. The maximum Gasteiger partial charge on any atom is 0.340 e. The number of carboxylic acids is 1. The van der Waals surface area contributed by atoms with Crippen molar-refractivity contribution in [2.75, 3.05) is 0 Å². The summed E-state index contributed by atoms with van der Waals surface area (Å²) in [6.07, 6.45) is 0.169. The molecule has 72 valence electrons. The Balaban J connectivity index is 4.34. The van der Waals surface area contributed by atoms with E-state index in [1.165, 1.54) is 0 Å². The quantitative estimate of drug-likeness (QED) is 0.782. The first-order valence-electron chi connectivity index (χ1n) is 3.20. The molecule has 0 aromatic rings. The number of carbonyl (C=O) groups is 1. The van der Waals surface area contributed by atoms with Gasteiger partial charge in [0.25, 0.3) is 0 Å². The lowest BCUT2D eigenvalue weighted by molar-refractivity contribution is -0.138. The van der Waals surface area contributed by atoms with E-state index in [0.717, 1.165) is 0 Å². The second-order valence-corrected chi connectivity index (χ2v) is 5.52. The maximum absolute atomic E-state index is 10.4. The molecule has 0 aliphatic heterocycles. The molecule has 0 aliphatic rings. The minimum Gasteiger partial charge on any atom is -0.479 e. The Bertz CT molecular complexity index is 178. The lowest BCUT2D eigenvalue weighted by atomic mass is 10.2. The van der Waals surface area contributed by atoms with E-state index in [0.29, 0.717) is 6.42 Å². The molecule has 0 aromatic carbocycles. The molecule has 1 N–H and O–H groups in total. The fraction of sp³-hybridized carbons (Fsp3) is 0.833. The van der Waals surface area contributed by atoms with Crippen LogP contribution in [0.2, 0.25) is 0 Å². The molecule has 0 rings (SSSR count). The van der Waals surface area contributed by atoms with E-state index in [4.69, 9.17) is 51.5 Å². The van der Waals surface area contributed by atoms with E-state index in [1.54, 1.807) is 6.92 Å². The molecule has 12 heavy (non-hydrogen) atoms. The van der Waals surface area contributed by atoms with Crippen molar-refractivity contribution in [1.82, 2.24) is 0 Å². The molecule has 0 aromatic heterocycles. The number of alkyl halides is 4. The largest absolute Gasteiger partial charge is 0.479 e. The molecular formula is C6H8Cl4O2. The fourth-order valence-electron chi connectivity index (χ4n) is 0.525. The van der Waals surface area contributed by atoms with Gasteiger partial charge in [-0.05, 0) is 6.42 Å². The van der Waals surface area contributed by atoms with Crippen molar-refractivity contribution in [2.24, 2.45) is 0 Å². The number of rotatable bonds is 4. The molecular weight excluding hydrogens is 246 g/mol. The topological polar surface area (TPSA) is 37.3 Å². The van der Waals surface area contributed by atoms with Crippen molar-refractivity contribution in [1.29, 1.82) is 0 Å². The number of halogens is 4. The van der Waals surface area contributed by atoms with E-state index < -0.39 is 14.6 Å². The average Bonchev–Trinajstić information content (AvgIpc) is 1.85. The second kappa shape index (κ2) is 4.23. The van der Waals surface area contributed by atoms with Gasteiger partial charge >= 0.3 is 5.97 Å². The molecule has 2 nitrogen and oxygen atoms in total. The van der Waals surface area contributed by atoms with Gasteiger partial charge in [-0.2, -0.15) is 0 Å². The number of aliphatic carboxylic acids is 1. The van der Waals surface area contributed by atoms with Crippen LogP contribution in [0, 0.1) is 0 Å². The monoisotopic (exact) mass is 252 g/mol. The average molecular weight is 254 g/mol. The van der Waals surface area contributed by atoms with Crippen molar-refractivity contribution in [3.05, 3.63) is 0 Å². The Kier molecular flexibility index (Phi) is 4.45. The van der Waals surface area contributed by atoms with Crippen LogP contribution in [0.4, 0.5) is 0 Å². The van der Waals surface area contributed by atoms with Crippen molar-refractivity contribution in [3.8, 4) is 0 Å². The van der Waals surface area contributed by atoms with Gasteiger partial charge in [0.2, 0.25) is 4.33 Å². The van der Waals surface area contributed by atoms with Gasteiger partial charge in [-0.15, -0.1) is 23.2 Å². The second-order valence-electron chi connectivity index (χ2n) is 2.40. The van der Waals surface area contributed by atoms with Crippen LogP contribution in [0.3, 0.4) is 0 Å². The van der Waals surface area contributed by atoms with E-state index in [2.05, 4.69) is 0 Å². The molecule has 0 spiro atoms. The summed E-state index contributed by atoms with van der Waals surface area (Å²) in [6, 6.07) is 0. The molecule has 0 fully saturated rings. The summed E-state index contributed by atoms with van der Waals surface area (Å²) in [5, 5.41) is 8.52. The summed E-state index contributed by atoms with van der Waals surface area (Å²) in [5.74, 6) is -1.34. The van der Waals surface area contributed by atoms with Crippen LogP contribution in [-0.4, -0.2) is 19.7 Å². The molecule has 0 radical (unpaired) electrons. The predicted octanol–water partition coefficient (Wildman–Crippen LogP) is 3.22. The lowest BCUT2D eigenvalue weighted by Crippen LogP contribution is -2.32. The zero-order valence-corrected chi connectivity index (χ0v) is 9.31. The van der Waals surface area contributed by atoms with Crippen LogP contribution >= 0.6 is 46.4 Å². The van der Waals surface area contributed by atoms with Crippen molar-refractivity contribution < 1.29 is 9.90 Å². The lowest BCUT2D eigenvalue weighted by Gasteiger charge is -2.23. The normalized spacial score (nSPS) is 13.1. The molecule has 0 saturated heterocycles. The highest BCUT2D eigenvalue weighted by molar-refractivity contribution is 6.59. The highest BCUT2D eigenvalue weighted by Crippen LogP contribution is 2.39. The van der Waals surface area contributed by atoms with Crippen LogP contribution in [0.15, 0.2) is 0 Å². The third-order valence-electron chi connectivity index (χ3n) is 1.31. The van der Waals surface area contributed by atoms with Crippen molar-refractivity contribution in [3.63, 3.8) is 0 Å². The van der Waals surface area contributed by atoms with Gasteiger partial charge in [0.1, 0.15) is 4.33 Å². The highest BCUT2D eigenvalue weighted by atomic mass is 35.5. The summed E-state index contributed by atoms with van der Waals surface area (Å²) in [6.45, 7) is 1.71. The smallest absolute Gasteiger partial charge is 0.340 e. The number of hydrogen-bond donors (Lipinski definition) is 1. The van der Waals surface area contributed by atoms with Crippen LogP contribution in [-0.2, 0) is 4.79 Å². The van der Waals surface area contributed by atoms with Crippen LogP contribution in [0.25, 0.3) is 0 Å². The Morgan fingerprint density at radius 2 is 1.75 bits per heavy atom. The number of carboxylic acid groups (broad SMARTS) is 1. The molecule has 6 heteroatoms. The van der Waals surface area contributed by atoms with Gasteiger partial charge in [0, 0.05) is 6.42 Å². The van der Waals surface area contributed by atoms with Crippen LogP contribution in [0.1, 0.15) is 19.8 Å². The van der Waals surface area contributed by atoms with Gasteiger partial charge < -0.3 is 5.11 Å². The number of hydrogen-bond acceptors (Lipinski definition) is 1. The Hall–Kier alpha value is 0.630.